The van der Waals surface area contributed by atoms with Crippen LogP contribution in [0.15, 0.2) is 24.3 Å². The lowest BCUT2D eigenvalue weighted by Crippen LogP contribution is -2.45. The number of carbonyl (C=O) groups is 2. The van der Waals surface area contributed by atoms with Gasteiger partial charge in [0.1, 0.15) is 12.9 Å². The minimum Gasteiger partial charge on any atom is -0.624 e. The van der Waals surface area contributed by atoms with Gasteiger partial charge >= 0.3 is 25.2 Å². The lowest BCUT2D eigenvalue weighted by Gasteiger charge is -2.25. The van der Waals surface area contributed by atoms with Crippen molar-refractivity contribution in [2.24, 2.45) is 0 Å². The van der Waals surface area contributed by atoms with Crippen molar-refractivity contribution in [2.45, 2.75) is 12.0 Å². The summed E-state index contributed by atoms with van der Waals surface area (Å²) in [4.78, 5) is 25.1. The Hall–Kier alpha value is -2.56. The van der Waals surface area contributed by atoms with Gasteiger partial charge < -0.3 is 14.5 Å². The van der Waals surface area contributed by atoms with Crippen molar-refractivity contribution < 1.29 is 36.8 Å². The van der Waals surface area contributed by atoms with Gasteiger partial charge in [0.15, 0.2) is 6.21 Å². The van der Waals surface area contributed by atoms with Gasteiger partial charge in [-0.3, -0.25) is 14.5 Å². The molecule has 26 heavy (non-hydrogen) atoms. The van der Waals surface area contributed by atoms with Crippen LogP contribution in [0, 0.1) is 5.21 Å². The number of nitrogens with zero attached hydrogens (tertiary/aromatic N) is 2. The van der Waals surface area contributed by atoms with Crippen LogP contribution >= 0.6 is 0 Å². The molecule has 0 saturated carbocycles. The molecule has 1 aromatic carbocycles. The van der Waals surface area contributed by atoms with E-state index in [9.17, 15) is 28.0 Å². The van der Waals surface area contributed by atoms with Gasteiger partial charge in [0, 0.05) is 0 Å². The SMILES string of the molecule is CN1CC(=O)OB(C(/C=[N+](/C)[O-])c2ccc(C(F)(F)F)cc2)OC(=O)C1. The molecule has 2 rings (SSSR count). The summed E-state index contributed by atoms with van der Waals surface area (Å²) in [5.41, 5.74) is -0.649. The van der Waals surface area contributed by atoms with E-state index < -0.39 is 36.6 Å². The summed E-state index contributed by atoms with van der Waals surface area (Å²) in [5, 5.41) is 11.5. The Balaban J connectivity index is 2.35. The zero-order valence-electron chi connectivity index (χ0n) is 14.0. The second kappa shape index (κ2) is 7.77. The van der Waals surface area contributed by atoms with Crippen LogP contribution in [0.2, 0.25) is 0 Å². The van der Waals surface area contributed by atoms with Gasteiger partial charge in [-0.25, -0.2) is 4.74 Å². The summed E-state index contributed by atoms with van der Waals surface area (Å²) in [5.74, 6) is -2.44. The zero-order chi connectivity index (χ0) is 19.5. The lowest BCUT2D eigenvalue weighted by molar-refractivity contribution is -0.418. The third-order valence-electron chi connectivity index (χ3n) is 3.58. The Morgan fingerprint density at radius 3 is 2.12 bits per heavy atom. The molecule has 1 unspecified atom stereocenters. The van der Waals surface area contributed by atoms with E-state index in [-0.39, 0.29) is 18.7 Å². The number of hydrogen-bond donors (Lipinski definition) is 0. The molecule has 1 heterocycles. The molecule has 140 valence electrons. The Bertz CT molecular complexity index is 684. The fraction of sp³-hybridized carbons (Fsp3) is 0.400. The van der Waals surface area contributed by atoms with Gasteiger partial charge in [-0.1, -0.05) is 12.1 Å². The number of carbonyl (C=O) groups excluding carboxylic acids is 2. The summed E-state index contributed by atoms with van der Waals surface area (Å²) in [7, 11) is 1.21. The van der Waals surface area contributed by atoms with E-state index in [0.717, 1.165) is 37.5 Å². The zero-order valence-corrected chi connectivity index (χ0v) is 14.0. The van der Waals surface area contributed by atoms with Crippen molar-refractivity contribution in [1.82, 2.24) is 4.90 Å². The highest BCUT2D eigenvalue weighted by molar-refractivity contribution is 6.54. The second-order valence-corrected chi connectivity index (χ2v) is 5.86. The summed E-state index contributed by atoms with van der Waals surface area (Å²) in [6.07, 6.45) is -3.46. The minimum atomic E-state index is -4.52. The lowest BCUT2D eigenvalue weighted by atomic mass is 9.68. The monoisotopic (exact) mass is 372 g/mol. The first-order valence-electron chi connectivity index (χ1n) is 7.56. The van der Waals surface area contributed by atoms with Crippen LogP contribution in [0.1, 0.15) is 16.9 Å². The van der Waals surface area contributed by atoms with Gasteiger partial charge in [-0.05, 0) is 24.7 Å². The van der Waals surface area contributed by atoms with Crippen molar-refractivity contribution in [3.8, 4) is 0 Å². The number of halogens is 3. The maximum atomic E-state index is 12.7. The molecule has 0 spiro atoms. The van der Waals surface area contributed by atoms with Gasteiger partial charge in [0.05, 0.1) is 18.7 Å². The molecule has 0 radical (unpaired) electrons. The van der Waals surface area contributed by atoms with E-state index >= 15 is 0 Å². The number of likely N-dealkylation sites (N-methyl/N-ethyl adjacent to an activating group) is 1. The molecular formula is C15H16BF3N2O5. The quantitative estimate of drug-likeness (QED) is 0.260. The van der Waals surface area contributed by atoms with Gasteiger partial charge in [0.2, 0.25) is 0 Å². The van der Waals surface area contributed by atoms with Crippen LogP contribution in [0.25, 0.3) is 0 Å². The summed E-state index contributed by atoms with van der Waals surface area (Å²) >= 11 is 0. The topological polar surface area (TPSA) is 81.9 Å². The predicted octanol–water partition coefficient (Wildman–Crippen LogP) is 1.06. The van der Waals surface area contributed by atoms with E-state index in [1.165, 1.54) is 11.9 Å². The summed E-state index contributed by atoms with van der Waals surface area (Å²) in [6.45, 7) is -0.336. The molecule has 0 amide bonds. The molecule has 1 aliphatic heterocycles. The summed E-state index contributed by atoms with van der Waals surface area (Å²) in [6, 6.07) is 3.95. The molecule has 1 aliphatic rings. The van der Waals surface area contributed by atoms with Crippen molar-refractivity contribution in [2.75, 3.05) is 27.2 Å². The van der Waals surface area contributed by atoms with Crippen molar-refractivity contribution in [3.63, 3.8) is 0 Å². The Morgan fingerprint density at radius 2 is 1.69 bits per heavy atom. The van der Waals surface area contributed by atoms with Crippen LogP contribution in [0.4, 0.5) is 13.2 Å². The Morgan fingerprint density at radius 1 is 1.19 bits per heavy atom. The fourth-order valence-corrected chi connectivity index (χ4v) is 2.43. The highest BCUT2D eigenvalue weighted by atomic mass is 19.4. The number of hydrogen-bond acceptors (Lipinski definition) is 6. The van der Waals surface area contributed by atoms with Gasteiger partial charge in [0.25, 0.3) is 0 Å². The number of rotatable bonds is 3. The van der Waals surface area contributed by atoms with E-state index in [1.807, 2.05) is 0 Å². The molecule has 0 bridgehead atoms. The average molecular weight is 372 g/mol. The number of benzene rings is 1. The van der Waals surface area contributed by atoms with E-state index in [0.29, 0.717) is 4.74 Å². The molecule has 11 heteroatoms. The molecule has 1 fully saturated rings. The maximum absolute atomic E-state index is 12.7. The smallest absolute Gasteiger partial charge is 0.617 e. The first kappa shape index (κ1) is 19.8. The van der Waals surface area contributed by atoms with Crippen molar-refractivity contribution >= 4 is 25.3 Å². The van der Waals surface area contributed by atoms with Gasteiger partial charge in [-0.15, -0.1) is 0 Å². The van der Waals surface area contributed by atoms with Crippen LogP contribution in [0.3, 0.4) is 0 Å². The molecular weight excluding hydrogens is 356 g/mol. The highest BCUT2D eigenvalue weighted by Gasteiger charge is 2.42. The van der Waals surface area contributed by atoms with E-state index in [4.69, 9.17) is 9.31 Å². The molecule has 1 atom stereocenters. The second-order valence-electron chi connectivity index (χ2n) is 5.86. The Kier molecular flexibility index (Phi) is 5.91. The summed E-state index contributed by atoms with van der Waals surface area (Å²) < 4.78 is 48.7. The van der Waals surface area contributed by atoms with Crippen LogP contribution in [-0.4, -0.2) is 62.1 Å². The number of alkyl halides is 3. The van der Waals surface area contributed by atoms with Crippen LogP contribution < -0.4 is 0 Å². The largest absolute Gasteiger partial charge is 0.624 e. The standard InChI is InChI=1S/C15H16BF3N2O5/c1-20-8-13(22)25-16(26-14(23)9-20)12(7-21(2)24)10-3-5-11(6-4-10)15(17,18)19/h3-7,12H,8-9H2,1-2H3/b21-7-. The first-order valence-corrected chi connectivity index (χ1v) is 7.56. The third-order valence-corrected chi connectivity index (χ3v) is 3.58. The van der Waals surface area contributed by atoms with Crippen LogP contribution in [-0.2, 0) is 25.1 Å². The molecule has 1 aromatic rings. The van der Waals surface area contributed by atoms with Crippen LogP contribution in [0.5, 0.6) is 0 Å². The van der Waals surface area contributed by atoms with Gasteiger partial charge in [-0.2, -0.15) is 13.2 Å². The van der Waals surface area contributed by atoms with E-state index in [2.05, 4.69) is 0 Å². The maximum Gasteiger partial charge on any atom is 0.617 e. The normalized spacial score (nSPS) is 18.7. The van der Waals surface area contributed by atoms with Crippen molar-refractivity contribution in [1.29, 1.82) is 0 Å². The molecule has 7 nitrogen and oxygen atoms in total. The fourth-order valence-electron chi connectivity index (χ4n) is 2.43. The van der Waals surface area contributed by atoms with E-state index in [1.54, 1.807) is 0 Å². The minimum absolute atomic E-state index is 0.168. The molecule has 0 aliphatic carbocycles. The Labute approximate surface area is 147 Å². The highest BCUT2D eigenvalue weighted by Crippen LogP contribution is 2.30. The molecule has 0 aromatic heterocycles. The molecule has 0 N–H and O–H groups in total. The van der Waals surface area contributed by atoms with Crippen molar-refractivity contribution in [3.05, 3.63) is 40.6 Å². The average Bonchev–Trinajstić information content (AvgIpc) is 2.49. The predicted molar refractivity (Wildman–Crippen MR) is 85.2 cm³/mol. The first-order chi connectivity index (χ1) is 12.1. The molecule has 1 saturated heterocycles. The number of hydroxylamine groups is 1. The third kappa shape index (κ3) is 5.22.